The van der Waals surface area contributed by atoms with Crippen molar-refractivity contribution in [3.8, 4) is 0 Å². The fourth-order valence-corrected chi connectivity index (χ4v) is 2.45. The molecular weight excluding hydrogens is 272 g/mol. The van der Waals surface area contributed by atoms with E-state index in [0.29, 0.717) is 5.16 Å². The van der Waals surface area contributed by atoms with Crippen LogP contribution in [-0.4, -0.2) is 31.7 Å². The van der Waals surface area contributed by atoms with Gasteiger partial charge in [-0.1, -0.05) is 13.8 Å². The number of hydrogen-bond donors (Lipinski definition) is 2. The maximum Gasteiger partial charge on any atom is 0.214 e. The summed E-state index contributed by atoms with van der Waals surface area (Å²) in [5.74, 6) is 2.54. The third-order valence-corrected chi connectivity index (χ3v) is 3.33. The van der Waals surface area contributed by atoms with Crippen LogP contribution >= 0.6 is 11.8 Å². The molecule has 0 radical (unpaired) electrons. The summed E-state index contributed by atoms with van der Waals surface area (Å²) in [6.07, 6.45) is 2.97. The average Bonchev–Trinajstić information content (AvgIpc) is 2.82. The lowest BCUT2D eigenvalue weighted by Gasteiger charge is -2.07. The minimum Gasteiger partial charge on any atom is -0.370 e. The van der Waals surface area contributed by atoms with Crippen LogP contribution in [0.4, 0.5) is 5.82 Å². The van der Waals surface area contributed by atoms with Crippen molar-refractivity contribution in [2.45, 2.75) is 50.2 Å². The molecule has 0 aliphatic heterocycles. The first kappa shape index (κ1) is 14.8. The van der Waals surface area contributed by atoms with Crippen molar-refractivity contribution in [1.82, 2.24) is 25.1 Å². The monoisotopic (exact) mass is 292 g/mol. The largest absolute Gasteiger partial charge is 0.370 e. The predicted octanol–water partition coefficient (Wildman–Crippen LogP) is 2.83. The number of hydrogen-bond acceptors (Lipinski definition) is 6. The molecule has 6 nitrogen and oxygen atoms in total. The van der Waals surface area contributed by atoms with Crippen LogP contribution in [0.15, 0.2) is 16.2 Å². The van der Waals surface area contributed by atoms with Gasteiger partial charge in [0.2, 0.25) is 5.16 Å². The van der Waals surface area contributed by atoms with Gasteiger partial charge in [-0.15, -0.1) is 5.10 Å². The molecule has 0 saturated carbocycles. The van der Waals surface area contributed by atoms with Crippen LogP contribution in [0, 0.1) is 6.92 Å². The van der Waals surface area contributed by atoms with Gasteiger partial charge >= 0.3 is 0 Å². The second-order valence-electron chi connectivity index (χ2n) is 4.49. The molecule has 2 rings (SSSR count). The van der Waals surface area contributed by atoms with E-state index in [2.05, 4.69) is 44.3 Å². The fourth-order valence-electron chi connectivity index (χ4n) is 1.67. The van der Waals surface area contributed by atoms with Crippen LogP contribution in [-0.2, 0) is 6.42 Å². The summed E-state index contributed by atoms with van der Waals surface area (Å²) in [5.41, 5.74) is 0. The van der Waals surface area contributed by atoms with Gasteiger partial charge < -0.3 is 5.32 Å². The van der Waals surface area contributed by atoms with Gasteiger partial charge in [-0.05, 0) is 31.5 Å². The Morgan fingerprint density at radius 3 is 2.70 bits per heavy atom. The van der Waals surface area contributed by atoms with Crippen LogP contribution < -0.4 is 5.32 Å². The van der Waals surface area contributed by atoms with Gasteiger partial charge in [0.25, 0.3) is 0 Å². The van der Waals surface area contributed by atoms with Gasteiger partial charge in [0.05, 0.1) is 0 Å². The number of nitrogens with one attached hydrogen (secondary N) is 2. The van der Waals surface area contributed by atoms with Gasteiger partial charge in [-0.3, -0.25) is 5.10 Å². The minimum absolute atomic E-state index is 0.685. The van der Waals surface area contributed by atoms with E-state index < -0.39 is 0 Å². The Kier molecular flexibility index (Phi) is 5.34. The first-order chi connectivity index (χ1) is 9.71. The average molecular weight is 292 g/mol. The van der Waals surface area contributed by atoms with Gasteiger partial charge in [0, 0.05) is 19.0 Å². The highest BCUT2D eigenvalue weighted by Crippen LogP contribution is 2.24. The molecule has 2 aromatic heterocycles. The molecule has 0 aromatic carbocycles. The highest BCUT2D eigenvalue weighted by Gasteiger charge is 2.08. The van der Waals surface area contributed by atoms with Crippen LogP contribution in [0.25, 0.3) is 0 Å². The number of aromatic amines is 1. The molecule has 0 aliphatic rings. The van der Waals surface area contributed by atoms with Crippen molar-refractivity contribution in [2.24, 2.45) is 0 Å². The van der Waals surface area contributed by atoms with Crippen LogP contribution in [0.5, 0.6) is 0 Å². The third-order valence-electron chi connectivity index (χ3n) is 2.55. The first-order valence-electron chi connectivity index (χ1n) is 6.90. The highest BCUT2D eigenvalue weighted by molar-refractivity contribution is 7.99. The maximum absolute atomic E-state index is 4.55. The summed E-state index contributed by atoms with van der Waals surface area (Å²) in [6.45, 7) is 7.05. The molecule has 2 heterocycles. The number of aryl methyl sites for hydroxylation is 2. The third kappa shape index (κ3) is 4.19. The van der Waals surface area contributed by atoms with Gasteiger partial charge in [0.1, 0.15) is 22.5 Å². The predicted molar refractivity (Wildman–Crippen MR) is 80.1 cm³/mol. The number of anilines is 1. The molecular formula is C13H20N6S. The number of rotatable bonds is 7. The van der Waals surface area contributed by atoms with Crippen LogP contribution in [0.3, 0.4) is 0 Å². The van der Waals surface area contributed by atoms with E-state index in [4.69, 9.17) is 0 Å². The van der Waals surface area contributed by atoms with E-state index in [1.165, 1.54) is 11.8 Å². The summed E-state index contributed by atoms with van der Waals surface area (Å²) in [4.78, 5) is 13.4. The second-order valence-corrected chi connectivity index (χ2v) is 5.48. The number of nitrogens with zero attached hydrogens (tertiary/aromatic N) is 4. The molecule has 0 aliphatic carbocycles. The molecule has 20 heavy (non-hydrogen) atoms. The molecule has 0 amide bonds. The number of aromatic nitrogens is 5. The molecule has 108 valence electrons. The van der Waals surface area contributed by atoms with Crippen molar-refractivity contribution < 1.29 is 0 Å². The highest BCUT2D eigenvalue weighted by atomic mass is 32.2. The Bertz CT molecular complexity index is 554. The van der Waals surface area contributed by atoms with Gasteiger partial charge in [0.15, 0.2) is 0 Å². The molecule has 0 atom stereocenters. The summed E-state index contributed by atoms with van der Waals surface area (Å²) in [6, 6.07) is 1.95. The van der Waals surface area contributed by atoms with E-state index in [1.54, 1.807) is 0 Å². The molecule has 2 aromatic rings. The lowest BCUT2D eigenvalue weighted by molar-refractivity contribution is 0.806. The molecule has 0 spiro atoms. The lowest BCUT2D eigenvalue weighted by Crippen LogP contribution is -2.05. The van der Waals surface area contributed by atoms with E-state index in [0.717, 1.165) is 48.3 Å². The Morgan fingerprint density at radius 1 is 1.20 bits per heavy atom. The van der Waals surface area contributed by atoms with Gasteiger partial charge in [-0.2, -0.15) is 0 Å². The molecule has 7 heteroatoms. The Hall–Kier alpha value is -1.63. The second kappa shape index (κ2) is 7.23. The van der Waals surface area contributed by atoms with Crippen molar-refractivity contribution in [2.75, 3.05) is 11.9 Å². The zero-order chi connectivity index (χ0) is 14.4. The van der Waals surface area contributed by atoms with E-state index in [-0.39, 0.29) is 0 Å². The smallest absolute Gasteiger partial charge is 0.214 e. The topological polar surface area (TPSA) is 79.4 Å². The summed E-state index contributed by atoms with van der Waals surface area (Å²) < 4.78 is 0. The van der Waals surface area contributed by atoms with E-state index in [1.807, 2.05) is 13.0 Å². The van der Waals surface area contributed by atoms with E-state index in [9.17, 15) is 0 Å². The molecule has 2 N–H and O–H groups in total. The first-order valence-corrected chi connectivity index (χ1v) is 7.71. The van der Waals surface area contributed by atoms with Crippen LogP contribution in [0.1, 0.15) is 38.3 Å². The lowest BCUT2D eigenvalue weighted by atomic mass is 10.3. The Balaban J connectivity index is 2.18. The Labute approximate surface area is 123 Å². The van der Waals surface area contributed by atoms with E-state index >= 15 is 0 Å². The number of H-pyrrole nitrogens is 1. The standard InChI is InChI=1S/C13H20N6S/c1-4-6-10-16-11(14-7-5-2)8-12(17-10)20-13-15-9(3)18-19-13/h8H,4-7H2,1-3H3,(H,14,16,17)(H,15,18,19). The zero-order valence-electron chi connectivity index (χ0n) is 12.1. The van der Waals surface area contributed by atoms with Crippen LogP contribution in [0.2, 0.25) is 0 Å². The SMILES string of the molecule is CCCNc1cc(Sc2n[nH]c(C)n2)nc(CCC)n1. The minimum atomic E-state index is 0.685. The van der Waals surface area contributed by atoms with Crippen molar-refractivity contribution in [1.29, 1.82) is 0 Å². The summed E-state index contributed by atoms with van der Waals surface area (Å²) in [7, 11) is 0. The maximum atomic E-state index is 4.55. The molecule has 0 unspecified atom stereocenters. The normalized spacial score (nSPS) is 10.8. The fraction of sp³-hybridized carbons (Fsp3) is 0.538. The molecule has 0 fully saturated rings. The van der Waals surface area contributed by atoms with Crippen molar-refractivity contribution in [3.05, 3.63) is 17.7 Å². The molecule has 0 bridgehead atoms. The molecule has 0 saturated heterocycles. The summed E-state index contributed by atoms with van der Waals surface area (Å²) >= 11 is 1.45. The quantitative estimate of drug-likeness (QED) is 0.764. The van der Waals surface area contributed by atoms with Gasteiger partial charge in [-0.25, -0.2) is 15.0 Å². The van der Waals surface area contributed by atoms with Crippen molar-refractivity contribution in [3.63, 3.8) is 0 Å². The summed E-state index contributed by atoms with van der Waals surface area (Å²) in [5, 5.41) is 11.8. The Morgan fingerprint density at radius 2 is 2.05 bits per heavy atom. The van der Waals surface area contributed by atoms with Crippen molar-refractivity contribution >= 4 is 17.6 Å². The zero-order valence-corrected chi connectivity index (χ0v) is 12.9.